The van der Waals surface area contributed by atoms with E-state index in [0.717, 1.165) is 15.8 Å². The highest BCUT2D eigenvalue weighted by atomic mass is 79.9. The van der Waals surface area contributed by atoms with Gasteiger partial charge in [0.25, 0.3) is 5.78 Å². The number of hydrogen-bond acceptors (Lipinski definition) is 8. The summed E-state index contributed by atoms with van der Waals surface area (Å²) in [7, 11) is 0. The van der Waals surface area contributed by atoms with E-state index in [1.165, 1.54) is 23.4 Å². The van der Waals surface area contributed by atoms with E-state index >= 15 is 0 Å². The van der Waals surface area contributed by atoms with Gasteiger partial charge in [-0.3, -0.25) is 19.5 Å². The average molecular weight is 540 g/mol. The minimum Gasteiger partial charge on any atom is -0.507 e. The van der Waals surface area contributed by atoms with Crippen molar-refractivity contribution in [2.24, 2.45) is 0 Å². The molecular formula is C24H18BrN3O5S. The number of pyridine rings is 1. The van der Waals surface area contributed by atoms with Gasteiger partial charge in [0.15, 0.2) is 5.13 Å². The number of carbonyl (C=O) groups excluding carboxylic acids is 3. The number of esters is 1. The number of nitrogens with zero attached hydrogens (tertiary/aromatic N) is 3. The van der Waals surface area contributed by atoms with Gasteiger partial charge < -0.3 is 9.84 Å². The molecule has 1 aliphatic rings. The second-order valence-electron chi connectivity index (χ2n) is 7.25. The lowest BCUT2D eigenvalue weighted by atomic mass is 9.96. The zero-order valence-corrected chi connectivity index (χ0v) is 20.3. The van der Waals surface area contributed by atoms with Gasteiger partial charge in [0, 0.05) is 22.4 Å². The number of carbonyl (C=O) groups is 3. The number of thiazole rings is 1. The number of ether oxygens (including phenoxy) is 1. The number of rotatable bonds is 6. The van der Waals surface area contributed by atoms with Crippen molar-refractivity contribution in [3.63, 3.8) is 0 Å². The summed E-state index contributed by atoms with van der Waals surface area (Å²) >= 11 is 4.33. The Kier molecular flexibility index (Phi) is 6.71. The number of Topliss-reactive ketones (excluding diaryl/α,β-unsaturated/α-hetero) is 1. The zero-order chi connectivity index (χ0) is 24.4. The normalized spacial score (nSPS) is 17.1. The van der Waals surface area contributed by atoms with Crippen molar-refractivity contribution in [1.29, 1.82) is 0 Å². The van der Waals surface area contributed by atoms with Crippen LogP contribution >= 0.6 is 27.3 Å². The molecular weight excluding hydrogens is 522 g/mol. The summed E-state index contributed by atoms with van der Waals surface area (Å²) in [6.45, 7) is 5.17. The highest BCUT2D eigenvalue weighted by Crippen LogP contribution is 2.44. The van der Waals surface area contributed by atoms with Crippen molar-refractivity contribution in [1.82, 2.24) is 9.97 Å². The molecule has 1 N–H and O–H groups in total. The number of amides is 1. The van der Waals surface area contributed by atoms with Crippen LogP contribution in [0.1, 0.15) is 32.5 Å². The van der Waals surface area contributed by atoms with Gasteiger partial charge in [-0.25, -0.2) is 9.78 Å². The third-order valence-electron chi connectivity index (χ3n) is 5.09. The number of aryl methyl sites for hydroxylation is 1. The van der Waals surface area contributed by atoms with Gasteiger partial charge in [0.1, 0.15) is 17.2 Å². The molecule has 1 fully saturated rings. The number of benzene rings is 1. The van der Waals surface area contributed by atoms with Gasteiger partial charge in [-0.2, -0.15) is 0 Å². The molecule has 8 nitrogen and oxygen atoms in total. The summed E-state index contributed by atoms with van der Waals surface area (Å²) in [6.07, 6.45) is 4.40. The highest BCUT2D eigenvalue weighted by molar-refractivity contribution is 9.10. The first kappa shape index (κ1) is 23.5. The lowest BCUT2D eigenvalue weighted by Crippen LogP contribution is -2.29. The summed E-state index contributed by atoms with van der Waals surface area (Å²) in [6, 6.07) is 9.16. The maximum atomic E-state index is 13.2. The second kappa shape index (κ2) is 9.70. The van der Waals surface area contributed by atoms with E-state index in [4.69, 9.17) is 4.74 Å². The van der Waals surface area contributed by atoms with Crippen LogP contribution in [-0.2, 0) is 14.3 Å². The number of ketones is 1. The fourth-order valence-corrected chi connectivity index (χ4v) is 4.78. The molecule has 2 aromatic heterocycles. The molecule has 0 aliphatic carbocycles. The molecule has 0 radical (unpaired) electrons. The maximum absolute atomic E-state index is 13.2. The largest absolute Gasteiger partial charge is 0.507 e. The Labute approximate surface area is 207 Å². The summed E-state index contributed by atoms with van der Waals surface area (Å²) < 4.78 is 5.91. The Morgan fingerprint density at radius 3 is 2.56 bits per heavy atom. The van der Waals surface area contributed by atoms with Gasteiger partial charge in [0.05, 0.1) is 17.3 Å². The van der Waals surface area contributed by atoms with Crippen LogP contribution in [0.3, 0.4) is 0 Å². The van der Waals surface area contributed by atoms with Crippen molar-refractivity contribution in [3.8, 4) is 0 Å². The van der Waals surface area contributed by atoms with Gasteiger partial charge in [-0.05, 0) is 36.8 Å². The van der Waals surface area contributed by atoms with Crippen LogP contribution in [0, 0.1) is 6.92 Å². The van der Waals surface area contributed by atoms with Crippen LogP contribution in [0.5, 0.6) is 0 Å². The first-order valence-corrected chi connectivity index (χ1v) is 11.7. The number of aliphatic hydroxyl groups is 1. The molecule has 0 spiro atoms. The molecule has 172 valence electrons. The fourth-order valence-electron chi connectivity index (χ4n) is 3.53. The Hall–Kier alpha value is -3.63. The maximum Gasteiger partial charge on any atom is 0.350 e. The van der Waals surface area contributed by atoms with E-state index < -0.39 is 23.7 Å². The fraction of sp³-hybridized carbons (Fsp3) is 0.125. The van der Waals surface area contributed by atoms with Crippen LogP contribution in [0.15, 0.2) is 71.5 Å². The highest BCUT2D eigenvalue weighted by Gasteiger charge is 2.48. The lowest BCUT2D eigenvalue weighted by Gasteiger charge is -2.23. The summed E-state index contributed by atoms with van der Waals surface area (Å²) in [5.74, 6) is -2.64. The van der Waals surface area contributed by atoms with Gasteiger partial charge in [-0.1, -0.05) is 52.1 Å². The smallest absolute Gasteiger partial charge is 0.350 e. The molecule has 1 saturated heterocycles. The summed E-state index contributed by atoms with van der Waals surface area (Å²) in [4.78, 5) is 48.5. The lowest BCUT2D eigenvalue weighted by molar-refractivity contribution is -0.132. The molecule has 0 saturated carbocycles. The van der Waals surface area contributed by atoms with Crippen LogP contribution in [0.25, 0.3) is 5.76 Å². The number of aromatic nitrogens is 2. The molecule has 0 bridgehead atoms. The molecule has 3 heterocycles. The minimum absolute atomic E-state index is 0.0286. The second-order valence-corrected chi connectivity index (χ2v) is 9.15. The van der Waals surface area contributed by atoms with E-state index in [2.05, 4.69) is 32.5 Å². The number of aliphatic hydroxyl groups excluding tert-OH is 1. The van der Waals surface area contributed by atoms with E-state index in [-0.39, 0.29) is 27.9 Å². The molecule has 3 aromatic rings. The van der Waals surface area contributed by atoms with Crippen LogP contribution in [0.2, 0.25) is 0 Å². The van der Waals surface area contributed by atoms with Crippen molar-refractivity contribution in [3.05, 3.63) is 93.2 Å². The third-order valence-corrected chi connectivity index (χ3v) is 6.76. The Morgan fingerprint density at radius 2 is 1.91 bits per heavy atom. The van der Waals surface area contributed by atoms with E-state index in [1.54, 1.807) is 43.3 Å². The minimum atomic E-state index is -0.955. The Bertz CT molecular complexity index is 1320. The predicted molar refractivity (Wildman–Crippen MR) is 130 cm³/mol. The van der Waals surface area contributed by atoms with Crippen molar-refractivity contribution < 1.29 is 24.2 Å². The molecule has 1 amide bonds. The van der Waals surface area contributed by atoms with Crippen LogP contribution in [0.4, 0.5) is 5.13 Å². The van der Waals surface area contributed by atoms with E-state index in [9.17, 15) is 19.5 Å². The Balaban J connectivity index is 1.88. The van der Waals surface area contributed by atoms with Gasteiger partial charge in [0.2, 0.25) is 0 Å². The monoisotopic (exact) mass is 539 g/mol. The topological polar surface area (TPSA) is 110 Å². The molecule has 1 aromatic carbocycles. The van der Waals surface area contributed by atoms with Crippen molar-refractivity contribution in [2.75, 3.05) is 11.5 Å². The first-order valence-electron chi connectivity index (χ1n) is 10.1. The molecule has 10 heteroatoms. The molecule has 1 aliphatic heterocycles. The van der Waals surface area contributed by atoms with E-state index in [0.29, 0.717) is 16.8 Å². The molecule has 4 rings (SSSR count). The van der Waals surface area contributed by atoms with Gasteiger partial charge >= 0.3 is 11.9 Å². The SMILES string of the molecule is C=CCOC(=O)c1sc(N2C(=O)C(=O)C(=C(O)c3ccncc3)C2c2ccc(Br)cc2)nc1C. The van der Waals surface area contributed by atoms with E-state index in [1.807, 2.05) is 0 Å². The van der Waals surface area contributed by atoms with Crippen LogP contribution in [-0.4, -0.2) is 39.3 Å². The molecule has 34 heavy (non-hydrogen) atoms. The van der Waals surface area contributed by atoms with Crippen molar-refractivity contribution in [2.45, 2.75) is 13.0 Å². The third kappa shape index (κ3) is 4.29. The predicted octanol–water partition coefficient (Wildman–Crippen LogP) is 4.58. The number of halogens is 1. The molecule has 1 unspecified atom stereocenters. The first-order chi connectivity index (χ1) is 16.3. The zero-order valence-electron chi connectivity index (χ0n) is 17.9. The molecule has 1 atom stereocenters. The quantitative estimate of drug-likeness (QED) is 0.160. The number of anilines is 1. The van der Waals surface area contributed by atoms with Crippen LogP contribution < -0.4 is 4.90 Å². The summed E-state index contributed by atoms with van der Waals surface area (Å²) in [5.41, 5.74) is 1.21. The van der Waals surface area contributed by atoms with Gasteiger partial charge in [-0.15, -0.1) is 0 Å². The Morgan fingerprint density at radius 1 is 1.24 bits per heavy atom. The summed E-state index contributed by atoms with van der Waals surface area (Å²) in [5, 5.41) is 11.2. The van der Waals surface area contributed by atoms with Crippen molar-refractivity contribution >= 4 is 55.8 Å². The standard InChI is InChI=1S/C24H18BrN3O5S/c1-3-12-33-23(32)21-13(2)27-24(34-21)28-18(14-4-6-16(25)7-5-14)17(20(30)22(28)31)19(29)15-8-10-26-11-9-15/h3-11,18,29H,1,12H2,2H3. The number of hydrogen-bond donors (Lipinski definition) is 1. The average Bonchev–Trinajstić information content (AvgIpc) is 3.35.